The first-order chi connectivity index (χ1) is 35.2. The largest absolute Gasteiger partial charge is 0.347 e. The van der Waals surface area contributed by atoms with Crippen LogP contribution in [0, 0.1) is 11.8 Å². The molecule has 10 nitrogen and oxygen atoms in total. The number of hydrogen-bond acceptors (Lipinski definition) is 6. The molecule has 356 valence electrons. The predicted octanol–water partition coefficient (Wildman–Crippen LogP) is 9.32. The summed E-state index contributed by atoms with van der Waals surface area (Å²) in [5.74, 6) is -0.296. The number of hydrogen-bond donors (Lipinski definition) is 1. The molecule has 0 spiro atoms. The standard InChI is InChI=1S/C60H51N7O3S2/c68-56-58(63-57(71)67(56)55-53-40-66(41-54(53)55)72(69,70)52-34-20-7-21-35-52,36-50-38-64(42-61-50)59(44-22-8-1-9-23-44,45-24-10-2-11-25-45)46-26-12-3-13-27-46)37-51-39-65(43-62-51)60(47-28-14-4-15-29-47,48-30-16-5-17-31-48)49-32-18-6-19-33-49/h1-35,38-39,42-43,53-55H,36-37,40-41H2,(H,63,71). The SMILES string of the molecule is O=C1N(C2C3CN(S(=O)(=O)c4ccccc4)CC32)C(=S)NC1(Cc1cn(C(c2ccccc2)(c2ccccc2)c2ccccc2)cn1)Cc1cn(C(c2ccccc2)(c2ccccc2)c2ccccc2)cn1. The molecule has 3 fully saturated rings. The van der Waals surface area contributed by atoms with E-state index in [4.69, 9.17) is 22.2 Å². The summed E-state index contributed by atoms with van der Waals surface area (Å²) in [7, 11) is -3.70. The minimum atomic E-state index is -3.70. The highest BCUT2D eigenvalue weighted by molar-refractivity contribution is 7.89. The van der Waals surface area contributed by atoms with Crippen LogP contribution in [0.1, 0.15) is 44.8 Å². The summed E-state index contributed by atoms with van der Waals surface area (Å²) in [6, 6.07) is 70.9. The van der Waals surface area contributed by atoms with Crippen molar-refractivity contribution < 1.29 is 13.2 Å². The molecular formula is C60H51N7O3S2. The maximum atomic E-state index is 15.8. The Labute approximate surface area is 425 Å². The molecule has 3 aliphatic rings. The monoisotopic (exact) mass is 981 g/mol. The number of benzene rings is 7. The quantitative estimate of drug-likeness (QED) is 0.0807. The van der Waals surface area contributed by atoms with Crippen molar-refractivity contribution in [2.24, 2.45) is 11.8 Å². The van der Waals surface area contributed by atoms with Crippen LogP contribution in [0.5, 0.6) is 0 Å². The minimum absolute atomic E-state index is 0.0622. The van der Waals surface area contributed by atoms with Gasteiger partial charge in [0.2, 0.25) is 10.0 Å². The number of nitrogens with zero attached hydrogens (tertiary/aromatic N) is 6. The fourth-order valence-electron chi connectivity index (χ4n) is 11.9. The molecule has 12 heteroatoms. The lowest BCUT2D eigenvalue weighted by atomic mass is 9.76. The summed E-state index contributed by atoms with van der Waals surface area (Å²) in [6.45, 7) is 0.615. The number of amides is 1. The Hall–Kier alpha value is -7.77. The fraction of sp³-hybridized carbons (Fsp3) is 0.167. The van der Waals surface area contributed by atoms with Crippen molar-refractivity contribution >= 4 is 33.3 Å². The summed E-state index contributed by atoms with van der Waals surface area (Å²) in [5, 5.41) is 3.93. The number of carbonyl (C=O) groups is 1. The molecule has 2 unspecified atom stereocenters. The Balaban J connectivity index is 0.954. The molecule has 72 heavy (non-hydrogen) atoms. The number of aromatic nitrogens is 4. The smallest absolute Gasteiger partial charge is 0.255 e. The molecule has 2 aromatic heterocycles. The van der Waals surface area contributed by atoms with E-state index >= 15 is 4.79 Å². The average molecular weight is 982 g/mol. The van der Waals surface area contributed by atoms with Crippen LogP contribution in [-0.2, 0) is 38.7 Å². The van der Waals surface area contributed by atoms with Gasteiger partial charge in [0.05, 0.1) is 28.9 Å². The van der Waals surface area contributed by atoms with Gasteiger partial charge in [-0.25, -0.2) is 18.4 Å². The highest BCUT2D eigenvalue weighted by Gasteiger charge is 2.66. The molecule has 0 bridgehead atoms. The zero-order chi connectivity index (χ0) is 48.9. The lowest BCUT2D eigenvalue weighted by molar-refractivity contribution is -0.131. The first-order valence-electron chi connectivity index (χ1n) is 24.3. The van der Waals surface area contributed by atoms with Gasteiger partial charge in [0.15, 0.2) is 5.11 Å². The van der Waals surface area contributed by atoms with Gasteiger partial charge in [0.1, 0.15) is 16.6 Å². The third kappa shape index (κ3) is 7.43. The topological polar surface area (TPSA) is 105 Å². The van der Waals surface area contributed by atoms with E-state index in [9.17, 15) is 8.42 Å². The highest BCUT2D eigenvalue weighted by Crippen LogP contribution is 2.52. The van der Waals surface area contributed by atoms with Gasteiger partial charge in [0.25, 0.3) is 5.91 Å². The number of thiocarbonyl (C=S) groups is 1. The normalized spacial score (nSPS) is 18.7. The average Bonchev–Trinajstić information content (AvgIpc) is 3.98. The second kappa shape index (κ2) is 18.1. The Morgan fingerprint density at radius 2 is 0.833 bits per heavy atom. The van der Waals surface area contributed by atoms with Crippen LogP contribution in [-0.4, -0.2) is 72.4 Å². The molecule has 9 aromatic rings. The lowest BCUT2D eigenvalue weighted by Gasteiger charge is -2.37. The van der Waals surface area contributed by atoms with E-state index in [-0.39, 0.29) is 41.5 Å². The summed E-state index contributed by atoms with van der Waals surface area (Å²) in [4.78, 5) is 28.1. The molecule has 12 rings (SSSR count). The Morgan fingerprint density at radius 3 is 1.17 bits per heavy atom. The van der Waals surface area contributed by atoms with Gasteiger partial charge < -0.3 is 14.5 Å². The van der Waals surface area contributed by atoms with Crippen LogP contribution in [0.15, 0.2) is 242 Å². The molecule has 1 saturated carbocycles. The molecule has 4 heterocycles. The first kappa shape index (κ1) is 45.4. The molecular weight excluding hydrogens is 931 g/mol. The fourth-order valence-corrected chi connectivity index (χ4v) is 13.8. The van der Waals surface area contributed by atoms with Crippen molar-refractivity contribution in [1.29, 1.82) is 0 Å². The maximum Gasteiger partial charge on any atom is 0.255 e. The van der Waals surface area contributed by atoms with Crippen LogP contribution in [0.2, 0.25) is 0 Å². The van der Waals surface area contributed by atoms with Gasteiger partial charge in [-0.05, 0) is 57.7 Å². The summed E-state index contributed by atoms with van der Waals surface area (Å²) in [5.41, 5.74) is 4.76. The first-order valence-corrected chi connectivity index (χ1v) is 26.2. The van der Waals surface area contributed by atoms with Gasteiger partial charge in [-0.15, -0.1) is 0 Å². The highest BCUT2D eigenvalue weighted by atomic mass is 32.2. The van der Waals surface area contributed by atoms with Crippen LogP contribution in [0.3, 0.4) is 0 Å². The van der Waals surface area contributed by atoms with Crippen LogP contribution >= 0.6 is 12.2 Å². The number of rotatable bonds is 15. The molecule has 2 aliphatic heterocycles. The van der Waals surface area contributed by atoms with Gasteiger partial charge in [-0.1, -0.05) is 200 Å². The summed E-state index contributed by atoms with van der Waals surface area (Å²) < 4.78 is 33.4. The summed E-state index contributed by atoms with van der Waals surface area (Å²) in [6.07, 6.45) is 8.26. The van der Waals surface area contributed by atoms with Crippen LogP contribution < -0.4 is 5.32 Å². The van der Waals surface area contributed by atoms with Gasteiger partial charge >= 0.3 is 0 Å². The van der Waals surface area contributed by atoms with E-state index in [2.05, 4.69) is 172 Å². The van der Waals surface area contributed by atoms with Crippen molar-refractivity contribution in [3.05, 3.63) is 282 Å². The van der Waals surface area contributed by atoms with E-state index < -0.39 is 26.6 Å². The zero-order valence-electron chi connectivity index (χ0n) is 39.3. The van der Waals surface area contributed by atoms with Gasteiger partial charge in [-0.3, -0.25) is 9.69 Å². The van der Waals surface area contributed by atoms with Crippen molar-refractivity contribution in [2.75, 3.05) is 13.1 Å². The van der Waals surface area contributed by atoms with Crippen molar-refractivity contribution in [1.82, 2.24) is 33.6 Å². The number of carbonyl (C=O) groups excluding carboxylic acids is 1. The second-order valence-corrected chi connectivity index (χ2v) is 21.5. The van der Waals surface area contributed by atoms with E-state index in [1.807, 2.05) is 55.1 Å². The third-order valence-corrected chi connectivity index (χ3v) is 17.3. The number of nitrogens with one attached hydrogen (secondary N) is 1. The lowest BCUT2D eigenvalue weighted by Crippen LogP contribution is -2.51. The number of sulfonamides is 1. The van der Waals surface area contributed by atoms with Gasteiger partial charge in [-0.2, -0.15) is 4.31 Å². The van der Waals surface area contributed by atoms with Crippen molar-refractivity contribution in [3.8, 4) is 0 Å². The van der Waals surface area contributed by atoms with E-state index in [0.29, 0.717) is 29.6 Å². The van der Waals surface area contributed by atoms with E-state index in [1.54, 1.807) is 33.5 Å². The van der Waals surface area contributed by atoms with Crippen LogP contribution in [0.4, 0.5) is 0 Å². The molecule has 1 amide bonds. The number of fused-ring (bicyclic) bond motifs is 1. The Bertz CT molecular complexity index is 3120. The Kier molecular flexibility index (Phi) is 11.4. The molecule has 7 aromatic carbocycles. The molecule has 2 saturated heterocycles. The molecule has 1 aliphatic carbocycles. The predicted molar refractivity (Wildman–Crippen MR) is 282 cm³/mol. The molecule has 2 atom stereocenters. The maximum absolute atomic E-state index is 15.8. The van der Waals surface area contributed by atoms with Crippen LogP contribution in [0.25, 0.3) is 0 Å². The van der Waals surface area contributed by atoms with Crippen molar-refractivity contribution in [2.45, 2.75) is 40.4 Å². The second-order valence-electron chi connectivity index (χ2n) is 19.2. The van der Waals surface area contributed by atoms with E-state index in [0.717, 1.165) is 33.4 Å². The van der Waals surface area contributed by atoms with Gasteiger partial charge in [0, 0.05) is 56.2 Å². The van der Waals surface area contributed by atoms with E-state index in [1.165, 1.54) is 0 Å². The van der Waals surface area contributed by atoms with Crippen molar-refractivity contribution in [3.63, 3.8) is 0 Å². The number of piperidine rings is 1. The number of imidazole rings is 2. The zero-order valence-corrected chi connectivity index (χ0v) is 40.9. The molecule has 1 N–H and O–H groups in total. The Morgan fingerprint density at radius 1 is 0.514 bits per heavy atom. The minimum Gasteiger partial charge on any atom is -0.347 e. The molecule has 0 radical (unpaired) electrons. The third-order valence-electron chi connectivity index (χ3n) is 15.1. The summed E-state index contributed by atoms with van der Waals surface area (Å²) >= 11 is 6.20.